The summed E-state index contributed by atoms with van der Waals surface area (Å²) in [5.74, 6) is -0.605. The minimum atomic E-state index is -0.324. The number of hydrogen-bond acceptors (Lipinski definition) is 4. The Morgan fingerprint density at radius 1 is 1.15 bits per heavy atom. The minimum absolute atomic E-state index is 0.144. The van der Waals surface area contributed by atoms with Crippen LogP contribution in [-0.4, -0.2) is 38.4 Å². The number of ether oxygens (including phenoxy) is 1. The van der Waals surface area contributed by atoms with Crippen LogP contribution in [0.5, 0.6) is 0 Å². The maximum Gasteiger partial charge on any atom is 0.250 e. The molecule has 1 aromatic carbocycles. The van der Waals surface area contributed by atoms with Gasteiger partial charge in [-0.05, 0) is 24.1 Å². The molecule has 6 heteroatoms. The molecule has 1 aromatic rings. The van der Waals surface area contributed by atoms with Crippen LogP contribution in [-0.2, 0) is 25.5 Å². The molecule has 2 N–H and O–H groups in total. The van der Waals surface area contributed by atoms with E-state index in [-0.39, 0.29) is 25.0 Å². The van der Waals surface area contributed by atoms with Crippen LogP contribution in [0.3, 0.4) is 0 Å². The third kappa shape index (κ3) is 6.10. The van der Waals surface area contributed by atoms with Gasteiger partial charge in [-0.3, -0.25) is 9.59 Å². The van der Waals surface area contributed by atoms with E-state index in [0.717, 1.165) is 11.8 Å². The second kappa shape index (κ2) is 8.82. The van der Waals surface area contributed by atoms with Crippen LogP contribution in [0.1, 0.15) is 12.0 Å². The predicted molar refractivity (Wildman–Crippen MR) is 74.3 cm³/mol. The fourth-order valence-electron chi connectivity index (χ4n) is 1.49. The van der Waals surface area contributed by atoms with Crippen molar-refractivity contribution in [3.8, 4) is 0 Å². The monoisotopic (exact) mass is 278 g/mol. The predicted octanol–water partition coefficient (Wildman–Crippen LogP) is 0.519. The first kappa shape index (κ1) is 15.8. The summed E-state index contributed by atoms with van der Waals surface area (Å²) in [6, 6.07) is 7.22. The summed E-state index contributed by atoms with van der Waals surface area (Å²) in [7, 11) is 1.50. The van der Waals surface area contributed by atoms with Gasteiger partial charge < -0.3 is 20.2 Å². The van der Waals surface area contributed by atoms with E-state index in [9.17, 15) is 14.4 Å². The summed E-state index contributed by atoms with van der Waals surface area (Å²) in [5.41, 5.74) is 1.68. The molecule has 20 heavy (non-hydrogen) atoms. The number of likely N-dealkylation sites (N-methyl/N-ethyl adjacent to an activating group) is 1. The first-order valence-electron chi connectivity index (χ1n) is 6.26. The number of carbonyl (C=O) groups is 3. The molecule has 0 fully saturated rings. The van der Waals surface area contributed by atoms with E-state index in [1.165, 1.54) is 7.05 Å². The van der Waals surface area contributed by atoms with Crippen LogP contribution in [0.25, 0.3) is 0 Å². The molecule has 0 saturated carbocycles. The van der Waals surface area contributed by atoms with Gasteiger partial charge in [-0.25, -0.2) is 0 Å². The van der Waals surface area contributed by atoms with Gasteiger partial charge in [0, 0.05) is 19.2 Å². The van der Waals surface area contributed by atoms with Crippen LogP contribution in [0, 0.1) is 0 Å². The molecular weight excluding hydrogens is 260 g/mol. The van der Waals surface area contributed by atoms with Crippen molar-refractivity contribution < 1.29 is 19.1 Å². The van der Waals surface area contributed by atoms with E-state index in [0.29, 0.717) is 18.5 Å². The topological polar surface area (TPSA) is 84.5 Å². The molecule has 0 unspecified atom stereocenters. The Kier molecular flexibility index (Phi) is 6.99. The molecule has 0 aliphatic carbocycles. The average molecular weight is 278 g/mol. The lowest BCUT2D eigenvalue weighted by Crippen LogP contribution is -2.26. The molecule has 0 spiro atoms. The van der Waals surface area contributed by atoms with Crippen LogP contribution in [0.2, 0.25) is 0 Å². The molecule has 0 radical (unpaired) electrons. The molecule has 0 aliphatic heterocycles. The molecular formula is C14H18N2O4. The zero-order valence-corrected chi connectivity index (χ0v) is 11.3. The maximum absolute atomic E-state index is 11.5. The van der Waals surface area contributed by atoms with Crippen molar-refractivity contribution in [2.45, 2.75) is 12.8 Å². The number of aryl methyl sites for hydroxylation is 1. The highest BCUT2D eigenvalue weighted by atomic mass is 16.5. The summed E-state index contributed by atoms with van der Waals surface area (Å²) in [6.07, 6.45) is 2.05. The molecule has 0 heterocycles. The van der Waals surface area contributed by atoms with Crippen LogP contribution >= 0.6 is 0 Å². The molecule has 0 aliphatic rings. The second-order valence-corrected chi connectivity index (χ2v) is 4.12. The molecule has 108 valence electrons. The van der Waals surface area contributed by atoms with Gasteiger partial charge in [-0.15, -0.1) is 0 Å². The lowest BCUT2D eigenvalue weighted by atomic mass is 10.1. The highest BCUT2D eigenvalue weighted by Crippen LogP contribution is 2.10. The van der Waals surface area contributed by atoms with Gasteiger partial charge in [0.1, 0.15) is 19.5 Å². The fourth-order valence-corrected chi connectivity index (χ4v) is 1.49. The van der Waals surface area contributed by atoms with Crippen LogP contribution in [0.15, 0.2) is 24.3 Å². The molecule has 0 bridgehead atoms. The van der Waals surface area contributed by atoms with Gasteiger partial charge in [0.05, 0.1) is 0 Å². The summed E-state index contributed by atoms with van der Waals surface area (Å²) in [6.45, 7) is -0.325. The number of aldehydes is 1. The Bertz CT molecular complexity index is 457. The largest absolute Gasteiger partial charge is 0.362 e. The first-order valence-corrected chi connectivity index (χ1v) is 6.26. The normalized spacial score (nSPS) is 9.85. The number of carbonyl (C=O) groups excluding carboxylic acids is 3. The molecule has 1 rings (SSSR count). The number of amides is 2. The molecule has 6 nitrogen and oxygen atoms in total. The SMILES string of the molecule is CNC(=O)COCC(=O)Nc1ccc(CCC=O)cc1. The summed E-state index contributed by atoms with van der Waals surface area (Å²) < 4.78 is 4.93. The Morgan fingerprint density at radius 2 is 1.80 bits per heavy atom. The number of anilines is 1. The van der Waals surface area contributed by atoms with Gasteiger partial charge in [0.15, 0.2) is 0 Å². The Balaban J connectivity index is 2.34. The Morgan fingerprint density at radius 3 is 2.40 bits per heavy atom. The van der Waals surface area contributed by atoms with E-state index >= 15 is 0 Å². The van der Waals surface area contributed by atoms with Gasteiger partial charge in [0.2, 0.25) is 11.8 Å². The smallest absolute Gasteiger partial charge is 0.250 e. The third-order valence-corrected chi connectivity index (χ3v) is 2.53. The molecule has 0 aromatic heterocycles. The Labute approximate surface area is 117 Å². The minimum Gasteiger partial charge on any atom is -0.362 e. The van der Waals surface area contributed by atoms with Crippen molar-refractivity contribution in [3.05, 3.63) is 29.8 Å². The quantitative estimate of drug-likeness (QED) is 0.679. The molecule has 0 atom stereocenters. The number of nitrogens with one attached hydrogen (secondary N) is 2. The lowest BCUT2D eigenvalue weighted by molar-refractivity contribution is -0.128. The highest BCUT2D eigenvalue weighted by Gasteiger charge is 2.04. The lowest BCUT2D eigenvalue weighted by Gasteiger charge is -2.06. The average Bonchev–Trinajstić information content (AvgIpc) is 2.46. The zero-order chi connectivity index (χ0) is 14.8. The summed E-state index contributed by atoms with van der Waals surface area (Å²) >= 11 is 0. The van der Waals surface area contributed by atoms with Crippen LogP contribution in [0.4, 0.5) is 5.69 Å². The number of rotatable bonds is 8. The number of hydrogen-bond donors (Lipinski definition) is 2. The standard InChI is InChI=1S/C14H18N2O4/c1-15-13(18)9-20-10-14(19)16-12-6-4-11(5-7-12)3-2-8-17/h4-8H,2-3,9-10H2,1H3,(H,15,18)(H,16,19). The highest BCUT2D eigenvalue weighted by molar-refractivity contribution is 5.91. The van der Waals surface area contributed by atoms with Crippen molar-refractivity contribution in [1.29, 1.82) is 0 Å². The van der Waals surface area contributed by atoms with Crippen molar-refractivity contribution in [1.82, 2.24) is 5.32 Å². The van der Waals surface area contributed by atoms with Gasteiger partial charge in [0.25, 0.3) is 0 Å². The first-order chi connectivity index (χ1) is 9.65. The molecule has 0 saturated heterocycles. The van der Waals surface area contributed by atoms with Crippen LogP contribution < -0.4 is 10.6 Å². The van der Waals surface area contributed by atoms with E-state index in [1.807, 2.05) is 12.1 Å². The Hall–Kier alpha value is -2.21. The summed E-state index contributed by atoms with van der Waals surface area (Å²) in [4.78, 5) is 32.7. The zero-order valence-electron chi connectivity index (χ0n) is 11.3. The number of benzene rings is 1. The third-order valence-electron chi connectivity index (χ3n) is 2.53. The van der Waals surface area contributed by atoms with Gasteiger partial charge in [-0.2, -0.15) is 0 Å². The van der Waals surface area contributed by atoms with Crippen molar-refractivity contribution >= 4 is 23.8 Å². The van der Waals surface area contributed by atoms with E-state index in [1.54, 1.807) is 12.1 Å². The van der Waals surface area contributed by atoms with Crippen molar-refractivity contribution in [2.75, 3.05) is 25.6 Å². The summed E-state index contributed by atoms with van der Waals surface area (Å²) in [5, 5.41) is 5.04. The fraction of sp³-hybridized carbons (Fsp3) is 0.357. The van der Waals surface area contributed by atoms with Crippen molar-refractivity contribution in [2.24, 2.45) is 0 Å². The maximum atomic E-state index is 11.5. The van der Waals surface area contributed by atoms with E-state index < -0.39 is 0 Å². The molecule has 2 amide bonds. The van der Waals surface area contributed by atoms with Crippen molar-refractivity contribution in [3.63, 3.8) is 0 Å². The van der Waals surface area contributed by atoms with E-state index in [2.05, 4.69) is 10.6 Å². The second-order valence-electron chi connectivity index (χ2n) is 4.12. The van der Waals surface area contributed by atoms with E-state index in [4.69, 9.17) is 4.74 Å². The van der Waals surface area contributed by atoms with Gasteiger partial charge in [-0.1, -0.05) is 12.1 Å². The van der Waals surface area contributed by atoms with Gasteiger partial charge >= 0.3 is 0 Å².